The van der Waals surface area contributed by atoms with E-state index in [0.717, 1.165) is 15.6 Å². The largest absolute Gasteiger partial charge is 0.372 e. The summed E-state index contributed by atoms with van der Waals surface area (Å²) in [7, 11) is 0. The normalized spacial score (nSPS) is 12.6. The smallest absolute Gasteiger partial charge is 0.122 e. The van der Waals surface area contributed by atoms with E-state index in [-0.39, 0.29) is 6.10 Å². The number of benzene rings is 1. The van der Waals surface area contributed by atoms with Crippen LogP contribution in [0.2, 0.25) is 0 Å². The molecule has 2 rings (SSSR count). The lowest BCUT2D eigenvalue weighted by Crippen LogP contribution is -2.01. The Morgan fingerprint density at radius 3 is 2.67 bits per heavy atom. The van der Waals surface area contributed by atoms with Crippen molar-refractivity contribution in [2.24, 2.45) is 5.73 Å². The van der Waals surface area contributed by atoms with Gasteiger partial charge in [0, 0.05) is 13.2 Å². The first kappa shape index (κ1) is 13.2. The van der Waals surface area contributed by atoms with Crippen molar-refractivity contribution in [3.63, 3.8) is 0 Å². The van der Waals surface area contributed by atoms with E-state index in [9.17, 15) is 0 Å². The number of hydrogen-bond donors (Lipinski definition) is 1. The summed E-state index contributed by atoms with van der Waals surface area (Å²) in [4.78, 5) is 5.74. The van der Waals surface area contributed by atoms with Gasteiger partial charge < -0.3 is 10.5 Å². The molecule has 96 valence electrons. The van der Waals surface area contributed by atoms with Crippen LogP contribution in [0.1, 0.15) is 30.7 Å². The maximum atomic E-state index is 5.78. The Kier molecular flexibility index (Phi) is 4.47. The highest BCUT2D eigenvalue weighted by Gasteiger charge is 2.16. The van der Waals surface area contributed by atoms with Crippen LogP contribution in [0, 0.1) is 0 Å². The minimum atomic E-state index is 0.0303. The Morgan fingerprint density at radius 1 is 1.33 bits per heavy atom. The average molecular weight is 262 g/mol. The van der Waals surface area contributed by atoms with Gasteiger partial charge >= 0.3 is 0 Å². The number of aromatic nitrogens is 1. The lowest BCUT2D eigenvalue weighted by Gasteiger charge is -2.06. The van der Waals surface area contributed by atoms with Crippen molar-refractivity contribution in [2.75, 3.05) is 6.61 Å². The van der Waals surface area contributed by atoms with E-state index in [4.69, 9.17) is 10.5 Å². The minimum Gasteiger partial charge on any atom is -0.372 e. The summed E-state index contributed by atoms with van der Waals surface area (Å²) in [6.45, 7) is 5.17. The van der Waals surface area contributed by atoms with Gasteiger partial charge in [-0.3, -0.25) is 0 Å². The third kappa shape index (κ3) is 2.77. The summed E-state index contributed by atoms with van der Waals surface area (Å²) in [5.74, 6) is 0. The van der Waals surface area contributed by atoms with Crippen LogP contribution in [0.15, 0.2) is 30.3 Å². The summed E-state index contributed by atoms with van der Waals surface area (Å²) in [6.07, 6.45) is 0.0303. The molecule has 1 atom stereocenters. The van der Waals surface area contributed by atoms with E-state index in [1.165, 1.54) is 5.56 Å². The fraction of sp³-hybridized carbons (Fsp3) is 0.357. The van der Waals surface area contributed by atoms with E-state index in [1.54, 1.807) is 11.3 Å². The molecule has 1 aromatic carbocycles. The van der Waals surface area contributed by atoms with Crippen LogP contribution in [0.3, 0.4) is 0 Å². The van der Waals surface area contributed by atoms with E-state index >= 15 is 0 Å². The minimum absolute atomic E-state index is 0.0303. The Balaban J connectivity index is 2.36. The van der Waals surface area contributed by atoms with Crippen molar-refractivity contribution in [1.29, 1.82) is 0 Å². The molecule has 0 spiro atoms. The molecular formula is C14H18N2OS. The second-order valence-electron chi connectivity index (χ2n) is 4.00. The molecule has 1 aromatic heterocycles. The van der Waals surface area contributed by atoms with E-state index in [2.05, 4.69) is 17.1 Å². The van der Waals surface area contributed by atoms with Gasteiger partial charge in [0.1, 0.15) is 11.1 Å². The molecule has 0 radical (unpaired) electrons. The van der Waals surface area contributed by atoms with Crippen molar-refractivity contribution in [3.05, 3.63) is 41.0 Å². The molecule has 0 aliphatic rings. The quantitative estimate of drug-likeness (QED) is 0.898. The highest BCUT2D eigenvalue weighted by atomic mass is 32.1. The topological polar surface area (TPSA) is 48.1 Å². The van der Waals surface area contributed by atoms with Crippen molar-refractivity contribution >= 4 is 11.3 Å². The molecule has 0 bridgehead atoms. The Labute approximate surface area is 112 Å². The molecule has 0 saturated carbocycles. The number of nitrogens with two attached hydrogens (primary N) is 1. The van der Waals surface area contributed by atoms with E-state index in [0.29, 0.717) is 13.2 Å². The number of nitrogens with zero attached hydrogens (tertiary/aromatic N) is 1. The molecule has 0 amide bonds. The maximum Gasteiger partial charge on any atom is 0.122 e. The first-order valence-electron chi connectivity index (χ1n) is 6.13. The second-order valence-corrected chi connectivity index (χ2v) is 5.03. The average Bonchev–Trinajstić information content (AvgIpc) is 2.84. The molecule has 2 aromatic rings. The fourth-order valence-corrected chi connectivity index (χ4v) is 2.92. The van der Waals surface area contributed by atoms with Crippen molar-refractivity contribution < 1.29 is 4.74 Å². The van der Waals surface area contributed by atoms with E-state index in [1.807, 2.05) is 32.0 Å². The molecule has 0 saturated heterocycles. The number of hydrogen-bond acceptors (Lipinski definition) is 4. The molecule has 0 aliphatic heterocycles. The summed E-state index contributed by atoms with van der Waals surface area (Å²) in [5.41, 5.74) is 7.90. The Bertz CT molecular complexity index is 496. The van der Waals surface area contributed by atoms with Gasteiger partial charge in [-0.25, -0.2) is 4.98 Å². The monoisotopic (exact) mass is 262 g/mol. The summed E-state index contributed by atoms with van der Waals surface area (Å²) >= 11 is 1.67. The van der Waals surface area contributed by atoms with Gasteiger partial charge in [-0.2, -0.15) is 0 Å². The standard InChI is InChI=1S/C14H18N2OS/c1-3-17-10(2)14-16-12(9-15)13(18-14)11-7-5-4-6-8-11/h4-8,10H,3,9,15H2,1-2H3. The molecule has 4 heteroatoms. The number of ether oxygens (including phenoxy) is 1. The third-order valence-corrected chi connectivity index (χ3v) is 4.02. The molecule has 3 nitrogen and oxygen atoms in total. The van der Waals surface area contributed by atoms with Crippen molar-refractivity contribution in [1.82, 2.24) is 4.98 Å². The molecule has 1 unspecified atom stereocenters. The van der Waals surface area contributed by atoms with Gasteiger partial charge in [0.25, 0.3) is 0 Å². The first-order chi connectivity index (χ1) is 8.76. The van der Waals surface area contributed by atoms with Gasteiger partial charge in [0.15, 0.2) is 0 Å². The van der Waals surface area contributed by atoms with Crippen LogP contribution >= 0.6 is 11.3 Å². The summed E-state index contributed by atoms with van der Waals surface area (Å²) in [5, 5.41) is 0.996. The van der Waals surface area contributed by atoms with Crippen LogP contribution in [0.25, 0.3) is 10.4 Å². The van der Waals surface area contributed by atoms with Crippen LogP contribution in [0.5, 0.6) is 0 Å². The summed E-state index contributed by atoms with van der Waals surface area (Å²) < 4.78 is 5.58. The lowest BCUT2D eigenvalue weighted by atomic mass is 10.1. The highest BCUT2D eigenvalue weighted by Crippen LogP contribution is 2.33. The summed E-state index contributed by atoms with van der Waals surface area (Å²) in [6, 6.07) is 10.2. The molecule has 0 aliphatic carbocycles. The van der Waals surface area contributed by atoms with Crippen molar-refractivity contribution in [3.8, 4) is 10.4 Å². The van der Waals surface area contributed by atoms with Gasteiger partial charge in [-0.05, 0) is 19.4 Å². The van der Waals surface area contributed by atoms with Gasteiger partial charge in [0.2, 0.25) is 0 Å². The second kappa shape index (κ2) is 6.09. The number of rotatable bonds is 5. The van der Waals surface area contributed by atoms with Crippen LogP contribution < -0.4 is 5.73 Å². The fourth-order valence-electron chi connectivity index (χ4n) is 1.82. The molecule has 0 fully saturated rings. The third-order valence-electron chi connectivity index (χ3n) is 2.71. The maximum absolute atomic E-state index is 5.78. The predicted octanol–water partition coefficient (Wildman–Crippen LogP) is 3.37. The molecule has 18 heavy (non-hydrogen) atoms. The molecule has 1 heterocycles. The zero-order chi connectivity index (χ0) is 13.0. The van der Waals surface area contributed by atoms with Crippen molar-refractivity contribution in [2.45, 2.75) is 26.5 Å². The zero-order valence-corrected chi connectivity index (χ0v) is 11.5. The van der Waals surface area contributed by atoms with Gasteiger partial charge in [-0.1, -0.05) is 30.3 Å². The molecule has 2 N–H and O–H groups in total. The van der Waals surface area contributed by atoms with Crippen LogP contribution in [-0.2, 0) is 11.3 Å². The van der Waals surface area contributed by atoms with E-state index < -0.39 is 0 Å². The predicted molar refractivity (Wildman–Crippen MR) is 75.5 cm³/mol. The number of thiazole rings is 1. The highest BCUT2D eigenvalue weighted by molar-refractivity contribution is 7.15. The zero-order valence-electron chi connectivity index (χ0n) is 10.7. The van der Waals surface area contributed by atoms with Crippen LogP contribution in [-0.4, -0.2) is 11.6 Å². The SMILES string of the molecule is CCOC(C)c1nc(CN)c(-c2ccccc2)s1. The Morgan fingerprint density at radius 2 is 2.06 bits per heavy atom. The van der Waals surface area contributed by atoms with Gasteiger partial charge in [0.05, 0.1) is 10.6 Å². The Hall–Kier alpha value is -1.23. The van der Waals surface area contributed by atoms with Crippen LogP contribution in [0.4, 0.5) is 0 Å². The lowest BCUT2D eigenvalue weighted by molar-refractivity contribution is 0.0761. The molecular weight excluding hydrogens is 244 g/mol. The first-order valence-corrected chi connectivity index (χ1v) is 6.94. The van der Waals surface area contributed by atoms with Gasteiger partial charge in [-0.15, -0.1) is 11.3 Å².